The van der Waals surface area contributed by atoms with E-state index in [0.717, 1.165) is 27.6 Å². The van der Waals surface area contributed by atoms with Crippen LogP contribution in [0.15, 0.2) is 144 Å². The molecule has 0 saturated heterocycles. The van der Waals surface area contributed by atoms with Gasteiger partial charge in [-0.3, -0.25) is 0 Å². The number of fused-ring (bicyclic) bond motifs is 11. The zero-order chi connectivity index (χ0) is 39.1. The lowest BCUT2D eigenvalue weighted by molar-refractivity contribution is 0.670. The predicted octanol–water partition coefficient (Wildman–Crippen LogP) is 13.3. The summed E-state index contributed by atoms with van der Waals surface area (Å²) in [5.41, 5.74) is 25.7. The van der Waals surface area contributed by atoms with Gasteiger partial charge in [0.15, 0.2) is 0 Å². The lowest BCUT2D eigenvalue weighted by Gasteiger charge is -2.41. The van der Waals surface area contributed by atoms with E-state index in [9.17, 15) is 0 Å². The Balaban J connectivity index is 1.25. The number of hydrogen-bond acceptors (Lipinski definition) is 2. The molecule has 4 heterocycles. The summed E-state index contributed by atoms with van der Waals surface area (Å²) in [4.78, 5) is 2.56. The molecule has 58 heavy (non-hydrogen) atoms. The molecule has 3 nitrogen and oxygen atoms in total. The van der Waals surface area contributed by atoms with Gasteiger partial charge in [0.05, 0.1) is 0 Å². The summed E-state index contributed by atoms with van der Waals surface area (Å²) in [7, 11) is 0. The summed E-state index contributed by atoms with van der Waals surface area (Å²) in [6, 6.07) is 52.5. The summed E-state index contributed by atoms with van der Waals surface area (Å²) in [6.07, 6.45) is 0. The molecule has 12 rings (SSSR count). The van der Waals surface area contributed by atoms with Crippen LogP contribution in [0, 0.1) is 41.5 Å². The third-order valence-corrected chi connectivity index (χ3v) is 13.1. The maximum absolute atomic E-state index is 6.97. The average molecular weight is 745 g/mol. The number of rotatable bonds is 3. The monoisotopic (exact) mass is 744 g/mol. The maximum Gasteiger partial charge on any atom is 0.333 e. The quantitative estimate of drug-likeness (QED) is 0.168. The molecule has 2 aromatic heterocycles. The number of anilines is 3. The van der Waals surface area contributed by atoms with Crippen molar-refractivity contribution in [1.82, 2.24) is 4.48 Å². The van der Waals surface area contributed by atoms with Gasteiger partial charge < -0.3 is 13.8 Å². The Hall–Kier alpha value is -6.78. The fraction of sp³-hybridized carbons (Fsp3) is 0.111. The molecular formula is C54H41BN2O. The summed E-state index contributed by atoms with van der Waals surface area (Å²) in [5.74, 6) is 0. The van der Waals surface area contributed by atoms with Gasteiger partial charge in [0.25, 0.3) is 0 Å². The molecular weight excluding hydrogens is 703 g/mol. The van der Waals surface area contributed by atoms with Crippen molar-refractivity contribution in [2.24, 2.45) is 0 Å². The van der Waals surface area contributed by atoms with Crippen LogP contribution in [0.4, 0.5) is 17.1 Å². The van der Waals surface area contributed by atoms with E-state index in [1.807, 2.05) is 0 Å². The number of furan rings is 1. The van der Waals surface area contributed by atoms with Gasteiger partial charge in [0.1, 0.15) is 11.2 Å². The van der Waals surface area contributed by atoms with Crippen molar-refractivity contribution < 1.29 is 4.42 Å². The highest BCUT2D eigenvalue weighted by Crippen LogP contribution is 2.50. The minimum atomic E-state index is -0.0785. The highest BCUT2D eigenvalue weighted by atomic mass is 16.3. The standard InChI is InChI=1S/C54H41BN2O/c1-30-23-32(3)49(33(4)24-30)36-13-11-14-38(27-36)56-46-28-37(50-34(5)25-31(2)26-35(50)6)21-22-44(46)55-52-47(56)29-43-40-16-8-10-20-48(40)58-54(43)51(52)42-18-12-17-41-39-15-7-9-19-45(39)57(55)53(41)42/h7-29H,1-6H3. The van der Waals surface area contributed by atoms with Gasteiger partial charge in [-0.15, -0.1) is 0 Å². The molecule has 0 radical (unpaired) electrons. The first-order valence-electron chi connectivity index (χ1n) is 20.5. The molecule has 0 amide bonds. The van der Waals surface area contributed by atoms with Crippen LogP contribution >= 0.6 is 0 Å². The van der Waals surface area contributed by atoms with E-state index in [1.54, 1.807) is 0 Å². The minimum Gasteiger partial charge on any atom is -0.455 e. The molecule has 2 aliphatic rings. The van der Waals surface area contributed by atoms with Crippen molar-refractivity contribution >= 4 is 78.6 Å². The van der Waals surface area contributed by atoms with E-state index >= 15 is 0 Å². The normalized spacial score (nSPS) is 12.9. The molecule has 276 valence electrons. The first kappa shape index (κ1) is 33.4. The van der Waals surface area contributed by atoms with Crippen LogP contribution in [-0.4, -0.2) is 11.3 Å². The summed E-state index contributed by atoms with van der Waals surface area (Å²) >= 11 is 0. The predicted molar refractivity (Wildman–Crippen MR) is 247 cm³/mol. The summed E-state index contributed by atoms with van der Waals surface area (Å²) < 4.78 is 9.60. The van der Waals surface area contributed by atoms with Gasteiger partial charge in [-0.25, -0.2) is 0 Å². The topological polar surface area (TPSA) is 21.3 Å². The van der Waals surface area contributed by atoms with Crippen molar-refractivity contribution in [3.8, 4) is 33.4 Å². The highest BCUT2D eigenvalue weighted by Gasteiger charge is 2.44. The van der Waals surface area contributed by atoms with Crippen molar-refractivity contribution in [3.63, 3.8) is 0 Å². The molecule has 8 aromatic carbocycles. The highest BCUT2D eigenvalue weighted by molar-refractivity contribution is 6.90. The van der Waals surface area contributed by atoms with Gasteiger partial charge >= 0.3 is 6.85 Å². The molecule has 0 aliphatic carbocycles. The van der Waals surface area contributed by atoms with Gasteiger partial charge in [-0.2, -0.15) is 0 Å². The van der Waals surface area contributed by atoms with Crippen LogP contribution < -0.4 is 15.8 Å². The fourth-order valence-corrected chi connectivity index (χ4v) is 11.1. The van der Waals surface area contributed by atoms with Gasteiger partial charge in [0, 0.05) is 60.8 Å². The van der Waals surface area contributed by atoms with Crippen LogP contribution in [0.2, 0.25) is 0 Å². The largest absolute Gasteiger partial charge is 0.455 e. The number of nitrogens with zero attached hydrogens (tertiary/aromatic N) is 2. The second-order valence-electron chi connectivity index (χ2n) is 16.9. The van der Waals surface area contributed by atoms with E-state index in [1.165, 1.54) is 111 Å². The van der Waals surface area contributed by atoms with Crippen molar-refractivity contribution in [1.29, 1.82) is 0 Å². The number of para-hydroxylation sites is 3. The van der Waals surface area contributed by atoms with Crippen LogP contribution in [0.25, 0.3) is 77.1 Å². The summed E-state index contributed by atoms with van der Waals surface area (Å²) in [5, 5.41) is 4.83. The Morgan fingerprint density at radius 1 is 0.483 bits per heavy atom. The number of aromatic nitrogens is 1. The molecule has 0 N–H and O–H groups in total. The molecule has 0 fully saturated rings. The number of benzene rings is 8. The third-order valence-electron chi connectivity index (χ3n) is 13.1. The second-order valence-corrected chi connectivity index (χ2v) is 16.9. The Morgan fingerprint density at radius 2 is 1.12 bits per heavy atom. The van der Waals surface area contributed by atoms with Crippen LogP contribution in [0.1, 0.15) is 33.4 Å². The molecule has 4 heteroatoms. The van der Waals surface area contributed by atoms with E-state index < -0.39 is 0 Å². The van der Waals surface area contributed by atoms with Crippen molar-refractivity contribution in [2.75, 3.05) is 4.90 Å². The van der Waals surface area contributed by atoms with E-state index in [0.29, 0.717) is 0 Å². The number of aryl methyl sites for hydroxylation is 6. The average Bonchev–Trinajstić information content (AvgIpc) is 3.75. The van der Waals surface area contributed by atoms with Crippen molar-refractivity contribution in [2.45, 2.75) is 41.5 Å². The molecule has 0 saturated carbocycles. The van der Waals surface area contributed by atoms with E-state index in [-0.39, 0.29) is 6.85 Å². The lowest BCUT2D eigenvalue weighted by atomic mass is 9.45. The Kier molecular flexibility index (Phi) is 6.83. The zero-order valence-corrected chi connectivity index (χ0v) is 33.7. The Bertz CT molecular complexity index is 3390. The van der Waals surface area contributed by atoms with E-state index in [4.69, 9.17) is 4.42 Å². The van der Waals surface area contributed by atoms with Gasteiger partial charge in [-0.1, -0.05) is 114 Å². The Morgan fingerprint density at radius 3 is 1.86 bits per heavy atom. The smallest absolute Gasteiger partial charge is 0.333 e. The van der Waals surface area contributed by atoms with Gasteiger partial charge in [0.2, 0.25) is 0 Å². The third kappa shape index (κ3) is 4.46. The SMILES string of the molecule is Cc1cc(C)c(-c2cccc(N3c4cc(-c5c(C)cc(C)cc5C)ccc4B4c5c3cc3c(oc6ccccc63)c5-c3cccc5c6ccccc6n4c35)c2)c(C)c1. The number of hydrogen-bond donors (Lipinski definition) is 0. The first-order chi connectivity index (χ1) is 28.2. The second kappa shape index (κ2) is 11.9. The summed E-state index contributed by atoms with van der Waals surface area (Å²) in [6.45, 7) is 13.3. The first-order valence-corrected chi connectivity index (χ1v) is 20.5. The fourth-order valence-electron chi connectivity index (χ4n) is 11.1. The molecule has 0 unspecified atom stereocenters. The van der Waals surface area contributed by atoms with Crippen molar-refractivity contribution in [3.05, 3.63) is 173 Å². The van der Waals surface area contributed by atoms with Gasteiger partial charge in [-0.05, 0) is 133 Å². The minimum absolute atomic E-state index is 0.0785. The van der Waals surface area contributed by atoms with Crippen LogP contribution in [0.3, 0.4) is 0 Å². The van der Waals surface area contributed by atoms with E-state index in [2.05, 4.69) is 190 Å². The molecule has 0 atom stereocenters. The van der Waals surface area contributed by atoms with Crippen LogP contribution in [0.5, 0.6) is 0 Å². The van der Waals surface area contributed by atoms with Crippen LogP contribution in [-0.2, 0) is 0 Å². The lowest BCUT2D eigenvalue weighted by Crippen LogP contribution is -2.56. The maximum atomic E-state index is 6.97. The molecule has 0 spiro atoms. The molecule has 0 bridgehead atoms. The molecule has 10 aromatic rings. The zero-order valence-electron chi connectivity index (χ0n) is 33.7. The Labute approximate surface area is 338 Å². The molecule has 2 aliphatic heterocycles.